The Morgan fingerprint density at radius 2 is 1.88 bits per heavy atom. The molecule has 0 aromatic carbocycles. The van der Waals surface area contributed by atoms with Gasteiger partial charge >= 0.3 is 0 Å². The Balaban J connectivity index is 0.000000350. The molecule has 0 aliphatic carbocycles. The lowest BCUT2D eigenvalue weighted by atomic mass is 9.92. The van der Waals surface area contributed by atoms with Crippen molar-refractivity contribution >= 4 is 12.2 Å². The molecule has 6 heteroatoms. The number of likely N-dealkylation sites (tertiary alicyclic amines) is 2. The lowest BCUT2D eigenvalue weighted by Crippen LogP contribution is -2.48. The molecule has 2 rings (SSSR count). The van der Waals surface area contributed by atoms with Crippen LogP contribution in [0.25, 0.3) is 0 Å². The number of rotatable bonds is 7. The summed E-state index contributed by atoms with van der Waals surface area (Å²) in [6.45, 7) is 6.11. The van der Waals surface area contributed by atoms with Gasteiger partial charge in [-0.3, -0.25) is 4.79 Å². The van der Waals surface area contributed by atoms with Gasteiger partial charge in [-0.15, -0.1) is 0 Å². The van der Waals surface area contributed by atoms with Gasteiger partial charge in [-0.2, -0.15) is 0 Å². The van der Waals surface area contributed by atoms with Crippen molar-refractivity contribution in [2.24, 2.45) is 5.92 Å². The fourth-order valence-corrected chi connectivity index (χ4v) is 3.66. The number of carbonyl (C=O) groups is 2. The number of hydrogen-bond acceptors (Lipinski definition) is 5. The van der Waals surface area contributed by atoms with Gasteiger partial charge in [-0.1, -0.05) is 6.92 Å². The SMILES string of the molecule is CCC(CCN(C)C)N1CCCC(CC=O)C1=O.CN1CCC(O)CC1. The molecule has 0 saturated carbocycles. The lowest BCUT2D eigenvalue weighted by Gasteiger charge is -2.38. The van der Waals surface area contributed by atoms with Gasteiger partial charge in [0.15, 0.2) is 0 Å². The highest BCUT2D eigenvalue weighted by molar-refractivity contribution is 5.82. The molecule has 0 bridgehead atoms. The fourth-order valence-electron chi connectivity index (χ4n) is 3.66. The Hall–Kier alpha value is -0.980. The van der Waals surface area contributed by atoms with E-state index in [1.165, 1.54) is 0 Å². The normalized spacial score (nSPS) is 23.5. The molecule has 1 amide bonds. The van der Waals surface area contributed by atoms with E-state index in [0.29, 0.717) is 12.5 Å². The summed E-state index contributed by atoms with van der Waals surface area (Å²) >= 11 is 0. The van der Waals surface area contributed by atoms with Crippen molar-refractivity contribution in [3.05, 3.63) is 0 Å². The monoisotopic (exact) mass is 369 g/mol. The van der Waals surface area contributed by atoms with Gasteiger partial charge in [0.05, 0.1) is 6.10 Å². The van der Waals surface area contributed by atoms with E-state index < -0.39 is 0 Å². The Labute approximate surface area is 159 Å². The van der Waals surface area contributed by atoms with Crippen molar-refractivity contribution in [1.29, 1.82) is 0 Å². The minimum Gasteiger partial charge on any atom is -0.393 e. The van der Waals surface area contributed by atoms with E-state index in [4.69, 9.17) is 5.11 Å². The van der Waals surface area contributed by atoms with E-state index in [9.17, 15) is 9.59 Å². The average molecular weight is 370 g/mol. The highest BCUT2D eigenvalue weighted by Gasteiger charge is 2.31. The number of aldehydes is 1. The molecule has 0 aromatic heterocycles. The zero-order chi connectivity index (χ0) is 19.5. The highest BCUT2D eigenvalue weighted by Crippen LogP contribution is 2.24. The molecular weight excluding hydrogens is 330 g/mol. The van der Waals surface area contributed by atoms with Crippen molar-refractivity contribution in [2.45, 2.75) is 64.0 Å². The molecule has 2 aliphatic heterocycles. The van der Waals surface area contributed by atoms with Gasteiger partial charge in [0, 0.05) is 38.0 Å². The van der Waals surface area contributed by atoms with E-state index in [1.807, 2.05) is 4.90 Å². The van der Waals surface area contributed by atoms with Crippen molar-refractivity contribution < 1.29 is 14.7 Å². The number of aliphatic hydroxyl groups is 1. The van der Waals surface area contributed by atoms with E-state index in [1.54, 1.807) is 0 Å². The average Bonchev–Trinajstić information content (AvgIpc) is 2.61. The summed E-state index contributed by atoms with van der Waals surface area (Å²) in [4.78, 5) is 29.3. The summed E-state index contributed by atoms with van der Waals surface area (Å²) < 4.78 is 0. The Morgan fingerprint density at radius 3 is 2.38 bits per heavy atom. The van der Waals surface area contributed by atoms with Crippen LogP contribution < -0.4 is 0 Å². The maximum Gasteiger partial charge on any atom is 0.226 e. The van der Waals surface area contributed by atoms with E-state index in [-0.39, 0.29) is 17.9 Å². The summed E-state index contributed by atoms with van der Waals surface area (Å²) in [6.07, 6.45) is 7.07. The van der Waals surface area contributed by atoms with Gasteiger partial charge in [0.1, 0.15) is 6.29 Å². The molecule has 2 saturated heterocycles. The van der Waals surface area contributed by atoms with Crippen molar-refractivity contribution in [3.63, 3.8) is 0 Å². The molecule has 152 valence electrons. The molecule has 2 atom stereocenters. The van der Waals surface area contributed by atoms with Crippen LogP contribution in [-0.2, 0) is 9.59 Å². The molecular formula is C20H39N3O3. The van der Waals surface area contributed by atoms with Crippen LogP contribution in [0.3, 0.4) is 0 Å². The Morgan fingerprint density at radius 1 is 1.23 bits per heavy atom. The number of amides is 1. The van der Waals surface area contributed by atoms with E-state index >= 15 is 0 Å². The topological polar surface area (TPSA) is 64.1 Å². The highest BCUT2D eigenvalue weighted by atomic mass is 16.3. The van der Waals surface area contributed by atoms with Gasteiger partial charge in [0.25, 0.3) is 0 Å². The van der Waals surface area contributed by atoms with Crippen LogP contribution in [0.5, 0.6) is 0 Å². The Kier molecular flexibility index (Phi) is 11.0. The number of piperidine rings is 2. The molecule has 2 aliphatic rings. The molecule has 2 heterocycles. The molecule has 0 aromatic rings. The van der Waals surface area contributed by atoms with Gasteiger partial charge in [-0.05, 0) is 66.2 Å². The summed E-state index contributed by atoms with van der Waals surface area (Å²) in [5.74, 6) is 0.128. The number of carbonyl (C=O) groups excluding carboxylic acids is 2. The molecule has 1 N–H and O–H groups in total. The number of hydrogen-bond donors (Lipinski definition) is 1. The third-order valence-corrected chi connectivity index (χ3v) is 5.47. The second kappa shape index (κ2) is 12.4. The maximum absolute atomic E-state index is 12.3. The first-order valence-electron chi connectivity index (χ1n) is 10.1. The Bertz CT molecular complexity index is 399. The van der Waals surface area contributed by atoms with Crippen molar-refractivity contribution in [2.75, 3.05) is 47.3 Å². The van der Waals surface area contributed by atoms with Crippen molar-refractivity contribution in [1.82, 2.24) is 14.7 Å². The van der Waals surface area contributed by atoms with E-state index in [0.717, 1.165) is 71.0 Å². The summed E-state index contributed by atoms with van der Waals surface area (Å²) in [6, 6.07) is 0.328. The van der Waals surface area contributed by atoms with Gasteiger partial charge < -0.3 is 24.6 Å². The molecule has 26 heavy (non-hydrogen) atoms. The van der Waals surface area contributed by atoms with Crippen molar-refractivity contribution in [3.8, 4) is 0 Å². The summed E-state index contributed by atoms with van der Waals surface area (Å²) in [7, 11) is 6.20. The molecule has 6 nitrogen and oxygen atoms in total. The van der Waals surface area contributed by atoms with Crippen LogP contribution in [0.2, 0.25) is 0 Å². The standard InChI is InChI=1S/C14H26N2O2.C6H13NO/c1-4-13(7-10-15(2)3)16-9-5-6-12(8-11-17)14(16)18;1-7-4-2-6(8)3-5-7/h11-13H,4-10H2,1-3H3;6,8H,2-5H2,1H3. The quantitative estimate of drug-likeness (QED) is 0.691. The third-order valence-electron chi connectivity index (χ3n) is 5.47. The zero-order valence-electron chi connectivity index (χ0n) is 17.2. The van der Waals surface area contributed by atoms with Crippen LogP contribution in [0, 0.1) is 5.92 Å². The van der Waals surface area contributed by atoms with Crippen LogP contribution in [0.4, 0.5) is 0 Å². The first kappa shape index (κ1) is 23.1. The lowest BCUT2D eigenvalue weighted by molar-refractivity contribution is -0.142. The first-order chi connectivity index (χ1) is 12.4. The predicted octanol–water partition coefficient (Wildman–Crippen LogP) is 1.62. The van der Waals surface area contributed by atoms with Crippen LogP contribution in [-0.4, -0.2) is 91.5 Å². The smallest absolute Gasteiger partial charge is 0.226 e. The summed E-state index contributed by atoms with van der Waals surface area (Å²) in [5.41, 5.74) is 0. The molecule has 0 radical (unpaired) electrons. The fraction of sp³-hybridized carbons (Fsp3) is 0.900. The van der Waals surface area contributed by atoms with Crippen LogP contribution in [0.15, 0.2) is 0 Å². The minimum absolute atomic E-state index is 0.0220. The van der Waals surface area contributed by atoms with Gasteiger partial charge in [0.2, 0.25) is 5.91 Å². The largest absolute Gasteiger partial charge is 0.393 e. The van der Waals surface area contributed by atoms with Gasteiger partial charge in [-0.25, -0.2) is 0 Å². The summed E-state index contributed by atoms with van der Waals surface area (Å²) in [5, 5.41) is 9.00. The van der Waals surface area contributed by atoms with E-state index in [2.05, 4.69) is 37.9 Å². The third kappa shape index (κ3) is 8.14. The second-order valence-electron chi connectivity index (χ2n) is 7.96. The first-order valence-corrected chi connectivity index (χ1v) is 10.1. The predicted molar refractivity (Wildman–Crippen MR) is 105 cm³/mol. The van der Waals surface area contributed by atoms with Crippen LogP contribution >= 0.6 is 0 Å². The minimum atomic E-state index is -0.0651. The maximum atomic E-state index is 12.3. The second-order valence-corrected chi connectivity index (χ2v) is 7.96. The zero-order valence-corrected chi connectivity index (χ0v) is 17.2. The molecule has 2 fully saturated rings. The molecule has 0 spiro atoms. The molecule has 2 unspecified atom stereocenters. The number of nitrogens with zero attached hydrogens (tertiary/aromatic N) is 3. The number of aliphatic hydroxyl groups excluding tert-OH is 1. The van der Waals surface area contributed by atoms with Crippen LogP contribution in [0.1, 0.15) is 51.9 Å².